The number of pyridine rings is 2. The Bertz CT molecular complexity index is 1400. The Morgan fingerprint density at radius 2 is 1.97 bits per heavy atom. The number of halogens is 1. The third-order valence-electron chi connectivity index (χ3n) is 5.01. The zero-order valence-electron chi connectivity index (χ0n) is 16.4. The second-order valence-electron chi connectivity index (χ2n) is 7.03. The molecule has 0 spiro atoms. The van der Waals surface area contributed by atoms with E-state index in [9.17, 15) is 14.4 Å². The Morgan fingerprint density at radius 3 is 2.67 bits per heavy atom. The monoisotopic (exact) mass is 395 g/mol. The van der Waals surface area contributed by atoms with Crippen molar-refractivity contribution in [2.45, 2.75) is 13.5 Å². The van der Waals surface area contributed by atoms with E-state index in [0.29, 0.717) is 21.9 Å². The minimum atomic E-state index is -0.414. The lowest BCUT2D eigenvalue weighted by Gasteiger charge is -2.16. The molecule has 0 bridgehead atoms. The van der Waals surface area contributed by atoms with Crippen molar-refractivity contribution in [3.05, 3.63) is 101 Å². The molecule has 0 fully saturated rings. The summed E-state index contributed by atoms with van der Waals surface area (Å²) in [5, 5.41) is 10.9. The Kier molecular flexibility index (Phi) is 4.99. The molecule has 4 nitrogen and oxygen atoms in total. The minimum Gasteiger partial charge on any atom is -0.295 e. The summed E-state index contributed by atoms with van der Waals surface area (Å²) >= 11 is 0. The normalized spacial score (nSPS) is 10.7. The van der Waals surface area contributed by atoms with Crippen molar-refractivity contribution < 1.29 is 4.39 Å². The van der Waals surface area contributed by atoms with Gasteiger partial charge in [0.25, 0.3) is 5.56 Å². The van der Waals surface area contributed by atoms with Gasteiger partial charge < -0.3 is 0 Å². The van der Waals surface area contributed by atoms with Gasteiger partial charge in [0.1, 0.15) is 17.6 Å². The van der Waals surface area contributed by atoms with Crippen LogP contribution in [0.25, 0.3) is 33.2 Å². The van der Waals surface area contributed by atoms with Crippen molar-refractivity contribution in [2.75, 3.05) is 0 Å². The first kappa shape index (κ1) is 19.3. The summed E-state index contributed by atoms with van der Waals surface area (Å²) in [6.07, 6.45) is 3.29. The summed E-state index contributed by atoms with van der Waals surface area (Å²) in [5.41, 5.74) is 3.57. The number of benzene rings is 2. The maximum Gasteiger partial charge on any atom is 0.259 e. The van der Waals surface area contributed by atoms with E-state index in [1.54, 1.807) is 30.5 Å². The molecule has 0 N–H and O–H groups in total. The van der Waals surface area contributed by atoms with E-state index in [0.717, 1.165) is 16.8 Å². The Hall–Kier alpha value is -4.04. The number of rotatable bonds is 4. The van der Waals surface area contributed by atoms with Gasteiger partial charge in [0, 0.05) is 29.3 Å². The lowest BCUT2D eigenvalue weighted by Crippen LogP contribution is -2.23. The zero-order chi connectivity index (χ0) is 21.3. The smallest absolute Gasteiger partial charge is 0.259 e. The number of hydrogen-bond acceptors (Lipinski definition) is 3. The van der Waals surface area contributed by atoms with Crippen molar-refractivity contribution >= 4 is 10.8 Å². The molecule has 0 aliphatic heterocycles. The molecule has 30 heavy (non-hydrogen) atoms. The first-order valence-corrected chi connectivity index (χ1v) is 9.44. The van der Waals surface area contributed by atoms with Gasteiger partial charge in [-0.15, -0.1) is 6.58 Å². The number of nitrogens with zero attached hydrogens (tertiary/aromatic N) is 3. The van der Waals surface area contributed by atoms with Gasteiger partial charge in [-0.25, -0.2) is 4.39 Å². The molecule has 0 radical (unpaired) electrons. The molecule has 2 aromatic carbocycles. The molecule has 0 saturated heterocycles. The van der Waals surface area contributed by atoms with Gasteiger partial charge in [0.15, 0.2) is 0 Å². The van der Waals surface area contributed by atoms with E-state index in [-0.39, 0.29) is 17.8 Å². The molecule has 4 rings (SSSR count). The zero-order valence-corrected chi connectivity index (χ0v) is 16.4. The quantitative estimate of drug-likeness (QED) is 0.444. The van der Waals surface area contributed by atoms with Crippen LogP contribution in [0.15, 0.2) is 78.2 Å². The fraction of sp³-hybridized carbons (Fsp3) is 0.0800. The first-order chi connectivity index (χ1) is 14.5. The predicted octanol–water partition coefficient (Wildman–Crippen LogP) is 5.24. The van der Waals surface area contributed by atoms with Gasteiger partial charge in [-0.2, -0.15) is 5.26 Å². The van der Waals surface area contributed by atoms with E-state index < -0.39 is 5.82 Å². The second kappa shape index (κ2) is 7.76. The maximum absolute atomic E-state index is 14.0. The van der Waals surface area contributed by atoms with Crippen molar-refractivity contribution in [3.8, 4) is 28.5 Å². The number of hydrogen-bond donors (Lipinski definition) is 0. The molecular weight excluding hydrogens is 377 g/mol. The highest BCUT2D eigenvalue weighted by Gasteiger charge is 2.19. The summed E-state index contributed by atoms with van der Waals surface area (Å²) in [4.78, 5) is 17.5. The molecule has 0 saturated carbocycles. The highest BCUT2D eigenvalue weighted by molar-refractivity contribution is 6.00. The van der Waals surface area contributed by atoms with Crippen LogP contribution in [0.5, 0.6) is 0 Å². The number of aromatic nitrogens is 2. The van der Waals surface area contributed by atoms with Gasteiger partial charge >= 0.3 is 0 Å². The number of aryl methyl sites for hydroxylation is 1. The van der Waals surface area contributed by atoms with Crippen LogP contribution < -0.4 is 5.56 Å². The van der Waals surface area contributed by atoms with Gasteiger partial charge in [0.05, 0.1) is 5.69 Å². The molecule has 0 aliphatic rings. The summed E-state index contributed by atoms with van der Waals surface area (Å²) in [6.45, 7) is 5.85. The van der Waals surface area contributed by atoms with E-state index >= 15 is 0 Å². The largest absolute Gasteiger partial charge is 0.295 e. The van der Waals surface area contributed by atoms with Crippen molar-refractivity contribution in [1.82, 2.24) is 9.55 Å². The van der Waals surface area contributed by atoms with Crippen LogP contribution in [-0.2, 0) is 6.54 Å². The predicted molar refractivity (Wildman–Crippen MR) is 116 cm³/mol. The molecule has 146 valence electrons. The Labute approximate surface area is 173 Å². The Balaban J connectivity index is 2.14. The molecule has 0 unspecified atom stereocenters. The van der Waals surface area contributed by atoms with Crippen LogP contribution in [0.4, 0.5) is 4.39 Å². The van der Waals surface area contributed by atoms with Crippen molar-refractivity contribution in [2.24, 2.45) is 0 Å². The van der Waals surface area contributed by atoms with E-state index in [2.05, 4.69) is 17.6 Å². The van der Waals surface area contributed by atoms with Gasteiger partial charge in [-0.3, -0.25) is 14.3 Å². The van der Waals surface area contributed by atoms with E-state index in [4.69, 9.17) is 0 Å². The van der Waals surface area contributed by atoms with Crippen LogP contribution in [0.2, 0.25) is 0 Å². The van der Waals surface area contributed by atoms with E-state index in [1.165, 1.54) is 16.7 Å². The van der Waals surface area contributed by atoms with Crippen molar-refractivity contribution in [3.63, 3.8) is 0 Å². The van der Waals surface area contributed by atoms with Gasteiger partial charge in [-0.05, 0) is 59.8 Å². The fourth-order valence-corrected chi connectivity index (χ4v) is 3.66. The van der Waals surface area contributed by atoms with Crippen LogP contribution >= 0.6 is 0 Å². The van der Waals surface area contributed by atoms with Crippen LogP contribution in [-0.4, -0.2) is 9.55 Å². The average Bonchev–Trinajstić information content (AvgIpc) is 2.75. The van der Waals surface area contributed by atoms with E-state index in [1.807, 2.05) is 31.2 Å². The summed E-state index contributed by atoms with van der Waals surface area (Å²) in [5.74, 6) is -0.414. The minimum absolute atomic E-state index is 0.173. The average molecular weight is 395 g/mol. The molecule has 2 heterocycles. The summed E-state index contributed by atoms with van der Waals surface area (Å²) in [6, 6.07) is 17.5. The highest BCUT2D eigenvalue weighted by atomic mass is 19.1. The van der Waals surface area contributed by atoms with Crippen LogP contribution in [0.3, 0.4) is 0 Å². The molecular formula is C25H18FN3O. The lowest BCUT2D eigenvalue weighted by atomic mass is 9.94. The molecule has 2 aromatic heterocycles. The second-order valence-corrected chi connectivity index (χ2v) is 7.03. The highest BCUT2D eigenvalue weighted by Crippen LogP contribution is 2.33. The van der Waals surface area contributed by atoms with Crippen molar-refractivity contribution in [1.29, 1.82) is 5.26 Å². The SMILES string of the molecule is C=CCn1c(C#N)c(-c2cccc(F)c2)c2cc(-c3cc(C)ccn3)ccc2c1=O. The number of fused-ring (bicyclic) bond motifs is 1. The van der Waals surface area contributed by atoms with Crippen LogP contribution in [0, 0.1) is 24.1 Å². The number of nitriles is 1. The molecule has 0 aliphatic carbocycles. The lowest BCUT2D eigenvalue weighted by molar-refractivity contribution is 0.628. The van der Waals surface area contributed by atoms with Gasteiger partial charge in [-0.1, -0.05) is 24.3 Å². The first-order valence-electron chi connectivity index (χ1n) is 9.44. The Morgan fingerprint density at radius 1 is 1.13 bits per heavy atom. The third kappa shape index (κ3) is 3.29. The molecule has 5 heteroatoms. The summed E-state index contributed by atoms with van der Waals surface area (Å²) < 4.78 is 15.4. The fourth-order valence-electron chi connectivity index (χ4n) is 3.66. The number of allylic oxidation sites excluding steroid dienone is 1. The molecule has 4 aromatic rings. The third-order valence-corrected chi connectivity index (χ3v) is 5.01. The standard InChI is InChI=1S/C25H18FN3O/c1-3-11-29-23(15-27)24(18-5-4-6-19(26)13-18)21-14-17(7-8-20(21)25(29)30)22-12-16(2)9-10-28-22/h3-10,12-14H,1,11H2,2H3. The van der Waals surface area contributed by atoms with Crippen LogP contribution in [0.1, 0.15) is 11.3 Å². The topological polar surface area (TPSA) is 58.7 Å². The van der Waals surface area contributed by atoms with Gasteiger partial charge in [0.2, 0.25) is 0 Å². The summed E-state index contributed by atoms with van der Waals surface area (Å²) in [7, 11) is 0. The molecule has 0 atom stereocenters. The maximum atomic E-state index is 14.0. The molecule has 0 amide bonds.